The molecule has 1 amide bonds. The van der Waals surface area contributed by atoms with E-state index in [2.05, 4.69) is 15.5 Å². The number of anilines is 1. The molecule has 3 N–H and O–H groups in total. The molecule has 0 radical (unpaired) electrons. The number of amides is 1. The van der Waals surface area contributed by atoms with Crippen molar-refractivity contribution < 1.29 is 4.79 Å². The highest BCUT2D eigenvalue weighted by molar-refractivity contribution is 5.80. The summed E-state index contributed by atoms with van der Waals surface area (Å²) in [6.07, 6.45) is 1.59. The third-order valence-corrected chi connectivity index (χ3v) is 2.12. The summed E-state index contributed by atoms with van der Waals surface area (Å²) in [5.41, 5.74) is 6.46. The fraction of sp³-hybridized carbons (Fsp3) is 0.500. The number of aromatic nitrogens is 2. The average molecular weight is 223 g/mol. The van der Waals surface area contributed by atoms with E-state index in [0.717, 1.165) is 5.56 Å². The average Bonchev–Trinajstić information content (AvgIpc) is 2.29. The van der Waals surface area contributed by atoms with Gasteiger partial charge in [-0.1, -0.05) is 0 Å². The number of nitrogens with two attached hydrogens (primary N) is 1. The first-order valence-corrected chi connectivity index (χ1v) is 5.17. The lowest BCUT2D eigenvalue weighted by Gasteiger charge is -2.19. The molecular formula is C10H17N5O. The van der Waals surface area contributed by atoms with Crippen LogP contribution in [0.3, 0.4) is 0 Å². The molecule has 1 aromatic rings. The van der Waals surface area contributed by atoms with E-state index in [-0.39, 0.29) is 12.5 Å². The first kappa shape index (κ1) is 12.4. The van der Waals surface area contributed by atoms with Crippen LogP contribution < -0.4 is 16.0 Å². The van der Waals surface area contributed by atoms with Gasteiger partial charge >= 0.3 is 0 Å². The topological polar surface area (TPSA) is 84.1 Å². The Morgan fingerprint density at radius 1 is 1.62 bits per heavy atom. The van der Waals surface area contributed by atoms with Gasteiger partial charge < -0.3 is 16.0 Å². The van der Waals surface area contributed by atoms with Crippen molar-refractivity contribution in [3.8, 4) is 0 Å². The lowest BCUT2D eigenvalue weighted by atomic mass is 10.2. The second kappa shape index (κ2) is 6.02. The summed E-state index contributed by atoms with van der Waals surface area (Å²) < 4.78 is 0. The van der Waals surface area contributed by atoms with Crippen molar-refractivity contribution in [1.82, 2.24) is 15.5 Å². The molecule has 0 aliphatic rings. The smallest absolute Gasteiger partial charge is 0.239 e. The maximum Gasteiger partial charge on any atom is 0.239 e. The second-order valence-electron chi connectivity index (χ2n) is 3.39. The molecule has 0 aliphatic carbocycles. The highest BCUT2D eigenvalue weighted by Gasteiger charge is 2.11. The van der Waals surface area contributed by atoms with Crippen LogP contribution in [0.25, 0.3) is 0 Å². The van der Waals surface area contributed by atoms with Crippen LogP contribution in [-0.4, -0.2) is 36.2 Å². The normalized spacial score (nSPS) is 9.94. The van der Waals surface area contributed by atoms with Crippen molar-refractivity contribution in [2.24, 2.45) is 5.73 Å². The van der Waals surface area contributed by atoms with E-state index < -0.39 is 0 Å². The molecule has 0 aromatic carbocycles. The van der Waals surface area contributed by atoms with Crippen LogP contribution in [0.2, 0.25) is 0 Å². The predicted molar refractivity (Wildman–Crippen MR) is 61.9 cm³/mol. The number of nitrogens with zero attached hydrogens (tertiary/aromatic N) is 3. The van der Waals surface area contributed by atoms with Crippen molar-refractivity contribution in [3.63, 3.8) is 0 Å². The predicted octanol–water partition coefficient (Wildman–Crippen LogP) is -0.492. The third-order valence-electron chi connectivity index (χ3n) is 2.12. The molecule has 0 saturated heterocycles. The minimum atomic E-state index is -0.0429. The highest BCUT2D eigenvalue weighted by Crippen LogP contribution is 2.13. The summed E-state index contributed by atoms with van der Waals surface area (Å²) in [7, 11) is 1.79. The van der Waals surface area contributed by atoms with Crippen LogP contribution >= 0.6 is 0 Å². The van der Waals surface area contributed by atoms with Gasteiger partial charge in [0.05, 0.1) is 12.7 Å². The first-order chi connectivity index (χ1) is 7.69. The quantitative estimate of drug-likeness (QED) is 0.703. The van der Waals surface area contributed by atoms with Crippen molar-refractivity contribution >= 4 is 11.7 Å². The van der Waals surface area contributed by atoms with Crippen molar-refractivity contribution in [2.45, 2.75) is 13.5 Å². The fourth-order valence-corrected chi connectivity index (χ4v) is 1.37. The summed E-state index contributed by atoms with van der Waals surface area (Å²) in [6, 6.07) is 1.80. The van der Waals surface area contributed by atoms with E-state index in [1.807, 2.05) is 6.92 Å². The van der Waals surface area contributed by atoms with Gasteiger partial charge in [0, 0.05) is 25.7 Å². The monoisotopic (exact) mass is 223 g/mol. The molecule has 0 unspecified atom stereocenters. The van der Waals surface area contributed by atoms with Crippen LogP contribution in [0.4, 0.5) is 5.82 Å². The Kier molecular flexibility index (Phi) is 4.65. The van der Waals surface area contributed by atoms with Gasteiger partial charge in [0.1, 0.15) is 0 Å². The number of carbonyl (C=O) groups is 1. The molecule has 1 rings (SSSR count). The minimum Gasteiger partial charge on any atom is -0.355 e. The number of rotatable bonds is 5. The summed E-state index contributed by atoms with van der Waals surface area (Å²) in [4.78, 5) is 13.1. The summed E-state index contributed by atoms with van der Waals surface area (Å²) in [5, 5.41) is 10.5. The van der Waals surface area contributed by atoms with Gasteiger partial charge in [-0.3, -0.25) is 4.79 Å². The number of carbonyl (C=O) groups excluding carboxylic acids is 1. The Balaban J connectivity index is 2.72. The Labute approximate surface area is 94.8 Å². The molecule has 0 spiro atoms. The molecule has 6 heteroatoms. The third kappa shape index (κ3) is 3.16. The Morgan fingerprint density at radius 3 is 3.00 bits per heavy atom. The number of hydrogen-bond donors (Lipinski definition) is 2. The van der Waals surface area contributed by atoms with E-state index in [1.165, 1.54) is 0 Å². The van der Waals surface area contributed by atoms with E-state index in [0.29, 0.717) is 18.9 Å². The number of hydrogen-bond acceptors (Lipinski definition) is 5. The zero-order valence-electron chi connectivity index (χ0n) is 9.60. The zero-order chi connectivity index (χ0) is 12.0. The van der Waals surface area contributed by atoms with Gasteiger partial charge in [-0.05, 0) is 13.0 Å². The minimum absolute atomic E-state index is 0.0429. The van der Waals surface area contributed by atoms with Gasteiger partial charge in [-0.15, -0.1) is 5.10 Å². The van der Waals surface area contributed by atoms with E-state index in [9.17, 15) is 4.79 Å². The molecule has 88 valence electrons. The number of likely N-dealkylation sites (N-methyl/N-ethyl adjacent to an activating group) is 2. The summed E-state index contributed by atoms with van der Waals surface area (Å²) >= 11 is 0. The Hall–Kier alpha value is -1.69. The van der Waals surface area contributed by atoms with Crippen LogP contribution in [0, 0.1) is 0 Å². The largest absolute Gasteiger partial charge is 0.355 e. The molecule has 0 atom stereocenters. The van der Waals surface area contributed by atoms with E-state index >= 15 is 0 Å². The van der Waals surface area contributed by atoms with Crippen LogP contribution in [-0.2, 0) is 11.3 Å². The van der Waals surface area contributed by atoms with E-state index in [1.54, 1.807) is 24.2 Å². The van der Waals surface area contributed by atoms with E-state index in [4.69, 9.17) is 5.73 Å². The van der Waals surface area contributed by atoms with Crippen LogP contribution in [0.1, 0.15) is 12.5 Å². The van der Waals surface area contributed by atoms with Crippen LogP contribution in [0.15, 0.2) is 12.3 Å². The van der Waals surface area contributed by atoms with Gasteiger partial charge in [0.25, 0.3) is 0 Å². The lowest BCUT2D eigenvalue weighted by molar-refractivity contribution is -0.119. The summed E-state index contributed by atoms with van der Waals surface area (Å²) in [6.45, 7) is 3.13. The summed E-state index contributed by atoms with van der Waals surface area (Å²) in [5.74, 6) is 0.606. The molecule has 1 heterocycles. The van der Waals surface area contributed by atoms with Gasteiger partial charge in [-0.2, -0.15) is 5.10 Å². The molecule has 0 bridgehead atoms. The molecule has 16 heavy (non-hydrogen) atoms. The maximum atomic E-state index is 11.4. The standard InChI is InChI=1S/C10H17N5O/c1-3-12-9(16)7-15(2)10-8(6-11)4-5-13-14-10/h4-5H,3,6-7,11H2,1-2H3,(H,12,16). The maximum absolute atomic E-state index is 11.4. The fourth-order valence-electron chi connectivity index (χ4n) is 1.37. The molecule has 1 aromatic heterocycles. The molecule has 6 nitrogen and oxygen atoms in total. The zero-order valence-corrected chi connectivity index (χ0v) is 9.60. The van der Waals surface area contributed by atoms with Gasteiger partial charge in [-0.25, -0.2) is 0 Å². The van der Waals surface area contributed by atoms with Crippen molar-refractivity contribution in [1.29, 1.82) is 0 Å². The molecular weight excluding hydrogens is 206 g/mol. The lowest BCUT2D eigenvalue weighted by Crippen LogP contribution is -2.36. The van der Waals surface area contributed by atoms with Gasteiger partial charge in [0.15, 0.2) is 5.82 Å². The Morgan fingerprint density at radius 2 is 2.38 bits per heavy atom. The highest BCUT2D eigenvalue weighted by atomic mass is 16.2. The van der Waals surface area contributed by atoms with Crippen molar-refractivity contribution in [3.05, 3.63) is 17.8 Å². The Bertz CT molecular complexity index is 355. The molecule has 0 fully saturated rings. The number of nitrogens with one attached hydrogen (secondary N) is 1. The SMILES string of the molecule is CCNC(=O)CN(C)c1nnccc1CN. The van der Waals surface area contributed by atoms with Gasteiger partial charge in [0.2, 0.25) is 5.91 Å². The second-order valence-corrected chi connectivity index (χ2v) is 3.39. The molecule has 0 aliphatic heterocycles. The van der Waals surface area contributed by atoms with Crippen molar-refractivity contribution in [2.75, 3.05) is 25.0 Å². The van der Waals surface area contributed by atoms with Crippen LogP contribution in [0.5, 0.6) is 0 Å². The molecule has 0 saturated carbocycles. The first-order valence-electron chi connectivity index (χ1n) is 5.17.